The van der Waals surface area contributed by atoms with E-state index in [4.69, 9.17) is 11.6 Å². The lowest BCUT2D eigenvalue weighted by molar-refractivity contribution is 0.431. The lowest BCUT2D eigenvalue weighted by Gasteiger charge is -2.31. The van der Waals surface area contributed by atoms with Crippen LogP contribution in [-0.2, 0) is 0 Å². The van der Waals surface area contributed by atoms with E-state index in [0.29, 0.717) is 5.92 Å². The van der Waals surface area contributed by atoms with Crippen LogP contribution in [0.25, 0.3) is 0 Å². The highest BCUT2D eigenvalue weighted by molar-refractivity contribution is 6.25. The lowest BCUT2D eigenvalue weighted by Crippen LogP contribution is -2.27. The molecule has 0 bridgehead atoms. The van der Waals surface area contributed by atoms with Crippen LogP contribution in [0.1, 0.15) is 33.6 Å². The van der Waals surface area contributed by atoms with Gasteiger partial charge in [0.15, 0.2) is 0 Å². The Labute approximate surface area is 68.3 Å². The normalized spacial score (nSPS) is 41.2. The van der Waals surface area contributed by atoms with Gasteiger partial charge in [0.2, 0.25) is 0 Å². The number of allylic oxidation sites excluding steroid dienone is 2. The van der Waals surface area contributed by atoms with Crippen molar-refractivity contribution < 1.29 is 0 Å². The first-order chi connectivity index (χ1) is 4.52. The zero-order valence-electron chi connectivity index (χ0n) is 6.95. The van der Waals surface area contributed by atoms with E-state index >= 15 is 0 Å². The van der Waals surface area contributed by atoms with Crippen molar-refractivity contribution in [3.8, 4) is 0 Å². The van der Waals surface area contributed by atoms with Crippen LogP contribution in [0.4, 0.5) is 0 Å². The fourth-order valence-corrected chi connectivity index (χ4v) is 1.72. The van der Waals surface area contributed by atoms with Crippen molar-refractivity contribution >= 4 is 11.6 Å². The van der Waals surface area contributed by atoms with Crippen molar-refractivity contribution in [1.29, 1.82) is 0 Å². The molecule has 0 radical (unpaired) electrons. The molecule has 0 saturated heterocycles. The third kappa shape index (κ3) is 1.54. The fourth-order valence-electron chi connectivity index (χ4n) is 1.42. The van der Waals surface area contributed by atoms with Crippen LogP contribution in [0.3, 0.4) is 0 Å². The third-order valence-corrected chi connectivity index (χ3v) is 2.95. The van der Waals surface area contributed by atoms with E-state index in [1.165, 1.54) is 18.4 Å². The van der Waals surface area contributed by atoms with Crippen molar-refractivity contribution in [2.75, 3.05) is 0 Å². The van der Waals surface area contributed by atoms with Gasteiger partial charge in [-0.15, -0.1) is 11.6 Å². The maximum absolute atomic E-state index is 6.24. The molecule has 0 aromatic heterocycles. The molecule has 58 valence electrons. The molecular weight excluding hydrogens is 144 g/mol. The van der Waals surface area contributed by atoms with Gasteiger partial charge in [0.05, 0.1) is 4.87 Å². The Morgan fingerprint density at radius 2 is 2.30 bits per heavy atom. The smallest absolute Gasteiger partial charge is 0.0625 e. The molecule has 10 heavy (non-hydrogen) atoms. The molecule has 0 aromatic rings. The zero-order valence-corrected chi connectivity index (χ0v) is 7.70. The fraction of sp³-hybridized carbons (Fsp3) is 0.778. The zero-order chi connectivity index (χ0) is 7.78. The molecule has 0 amide bonds. The van der Waals surface area contributed by atoms with Crippen LogP contribution in [0.5, 0.6) is 0 Å². The minimum Gasteiger partial charge on any atom is -0.115 e. The van der Waals surface area contributed by atoms with Crippen molar-refractivity contribution in [1.82, 2.24) is 0 Å². The van der Waals surface area contributed by atoms with E-state index < -0.39 is 0 Å². The molecule has 2 atom stereocenters. The Hall–Kier alpha value is 0.0300. The highest BCUT2D eigenvalue weighted by Crippen LogP contribution is 2.36. The molecule has 0 fully saturated rings. The topological polar surface area (TPSA) is 0 Å². The van der Waals surface area contributed by atoms with Gasteiger partial charge in [-0.25, -0.2) is 0 Å². The second kappa shape index (κ2) is 2.58. The summed E-state index contributed by atoms with van der Waals surface area (Å²) in [7, 11) is 0. The monoisotopic (exact) mass is 158 g/mol. The SMILES string of the molecule is CC1=CC(C)(Cl)C(C)CC1. The van der Waals surface area contributed by atoms with Gasteiger partial charge in [-0.3, -0.25) is 0 Å². The molecule has 1 aliphatic rings. The molecule has 1 aliphatic carbocycles. The molecule has 1 rings (SSSR count). The quantitative estimate of drug-likeness (QED) is 0.375. The largest absolute Gasteiger partial charge is 0.115 e. The highest BCUT2D eigenvalue weighted by atomic mass is 35.5. The van der Waals surface area contributed by atoms with Crippen LogP contribution >= 0.6 is 11.6 Å². The molecule has 0 N–H and O–H groups in total. The van der Waals surface area contributed by atoms with E-state index in [9.17, 15) is 0 Å². The summed E-state index contributed by atoms with van der Waals surface area (Å²) < 4.78 is 0. The summed E-state index contributed by atoms with van der Waals surface area (Å²) in [4.78, 5) is -0.0810. The number of halogens is 1. The first kappa shape index (κ1) is 8.13. The first-order valence-electron chi connectivity index (χ1n) is 3.89. The standard InChI is InChI=1S/C9H15Cl/c1-7-4-5-8(2)9(3,10)6-7/h6,8H,4-5H2,1-3H3. The van der Waals surface area contributed by atoms with Gasteiger partial charge in [-0.1, -0.05) is 18.6 Å². The van der Waals surface area contributed by atoms with Crippen molar-refractivity contribution in [3.05, 3.63) is 11.6 Å². The van der Waals surface area contributed by atoms with E-state index in [2.05, 4.69) is 26.8 Å². The maximum atomic E-state index is 6.24. The Morgan fingerprint density at radius 3 is 2.70 bits per heavy atom. The first-order valence-corrected chi connectivity index (χ1v) is 4.27. The minimum absolute atomic E-state index is 0.0810. The number of rotatable bonds is 0. The average molecular weight is 159 g/mol. The predicted molar refractivity (Wildman–Crippen MR) is 46.4 cm³/mol. The summed E-state index contributed by atoms with van der Waals surface area (Å²) in [6.45, 7) is 6.48. The third-order valence-electron chi connectivity index (χ3n) is 2.46. The van der Waals surface area contributed by atoms with Crippen molar-refractivity contribution in [2.24, 2.45) is 5.92 Å². The van der Waals surface area contributed by atoms with Crippen LogP contribution in [-0.4, -0.2) is 4.87 Å². The summed E-state index contributed by atoms with van der Waals surface area (Å²) in [5, 5.41) is 0. The highest BCUT2D eigenvalue weighted by Gasteiger charge is 2.28. The van der Waals surface area contributed by atoms with Gasteiger partial charge in [0.1, 0.15) is 0 Å². The molecule has 0 aromatic carbocycles. The lowest BCUT2D eigenvalue weighted by atomic mass is 9.83. The Balaban J connectivity index is 2.79. The number of hydrogen-bond donors (Lipinski definition) is 0. The summed E-state index contributed by atoms with van der Waals surface area (Å²) in [6.07, 6.45) is 4.66. The van der Waals surface area contributed by atoms with Crippen LogP contribution in [0, 0.1) is 5.92 Å². The number of hydrogen-bond acceptors (Lipinski definition) is 0. The Kier molecular flexibility index (Phi) is 2.10. The van der Waals surface area contributed by atoms with Crippen LogP contribution in [0.15, 0.2) is 11.6 Å². The summed E-state index contributed by atoms with van der Waals surface area (Å²) >= 11 is 6.24. The maximum Gasteiger partial charge on any atom is 0.0625 e. The van der Waals surface area contributed by atoms with Gasteiger partial charge in [-0.2, -0.15) is 0 Å². The minimum atomic E-state index is -0.0810. The van der Waals surface area contributed by atoms with E-state index in [0.717, 1.165) is 0 Å². The van der Waals surface area contributed by atoms with E-state index in [-0.39, 0.29) is 4.87 Å². The van der Waals surface area contributed by atoms with Gasteiger partial charge in [0, 0.05) is 0 Å². The van der Waals surface area contributed by atoms with Gasteiger partial charge < -0.3 is 0 Å². The Bertz CT molecular complexity index is 156. The van der Waals surface area contributed by atoms with Gasteiger partial charge in [-0.05, 0) is 32.6 Å². The summed E-state index contributed by atoms with van der Waals surface area (Å²) in [5.74, 6) is 0.623. The average Bonchev–Trinajstić information content (AvgIpc) is 1.78. The van der Waals surface area contributed by atoms with E-state index in [1.54, 1.807) is 0 Å². The second-order valence-corrected chi connectivity index (χ2v) is 4.40. The van der Waals surface area contributed by atoms with Crippen LogP contribution < -0.4 is 0 Å². The molecule has 2 unspecified atom stereocenters. The van der Waals surface area contributed by atoms with Gasteiger partial charge in [0.25, 0.3) is 0 Å². The van der Waals surface area contributed by atoms with Crippen molar-refractivity contribution in [2.45, 2.75) is 38.5 Å². The molecule has 0 heterocycles. The summed E-state index contributed by atoms with van der Waals surface area (Å²) in [5.41, 5.74) is 1.44. The Morgan fingerprint density at radius 1 is 1.70 bits per heavy atom. The predicted octanol–water partition coefficient (Wildman–Crippen LogP) is 3.36. The molecule has 1 heteroatoms. The summed E-state index contributed by atoms with van der Waals surface area (Å²) in [6, 6.07) is 0. The van der Waals surface area contributed by atoms with Crippen LogP contribution in [0.2, 0.25) is 0 Å². The number of alkyl halides is 1. The molecule has 0 aliphatic heterocycles. The van der Waals surface area contributed by atoms with Crippen molar-refractivity contribution in [3.63, 3.8) is 0 Å². The molecular formula is C9H15Cl. The molecule has 0 spiro atoms. The molecule has 0 saturated carbocycles. The second-order valence-electron chi connectivity index (χ2n) is 3.58. The van der Waals surface area contributed by atoms with Gasteiger partial charge >= 0.3 is 0 Å². The molecule has 0 nitrogen and oxygen atoms in total. The van der Waals surface area contributed by atoms with E-state index in [1.807, 2.05) is 0 Å².